The Morgan fingerprint density at radius 1 is 1.22 bits per heavy atom. The summed E-state index contributed by atoms with van der Waals surface area (Å²) in [5.41, 5.74) is 3.05. The second kappa shape index (κ2) is 5.41. The van der Waals surface area contributed by atoms with E-state index in [-0.39, 0.29) is 5.41 Å². The largest absolute Gasteiger partial charge is 0.376 e. The van der Waals surface area contributed by atoms with Crippen LogP contribution < -0.4 is 0 Å². The molecule has 0 N–H and O–H groups in total. The van der Waals surface area contributed by atoms with Crippen LogP contribution in [0.25, 0.3) is 0 Å². The van der Waals surface area contributed by atoms with Crippen LogP contribution in [-0.2, 0) is 16.7 Å². The van der Waals surface area contributed by atoms with Crippen molar-refractivity contribution >= 4 is 0 Å². The summed E-state index contributed by atoms with van der Waals surface area (Å²) in [6.45, 7) is 12.9. The van der Waals surface area contributed by atoms with Gasteiger partial charge in [-0.05, 0) is 23.5 Å². The monoisotopic (exact) mass is 247 g/mol. The Morgan fingerprint density at radius 2 is 1.89 bits per heavy atom. The average Bonchev–Trinajstić information content (AvgIpc) is 2.28. The van der Waals surface area contributed by atoms with Crippen molar-refractivity contribution < 1.29 is 4.74 Å². The molecule has 100 valence electrons. The van der Waals surface area contributed by atoms with Gasteiger partial charge < -0.3 is 4.74 Å². The molecule has 1 aromatic carbocycles. The number of ether oxygens (including phenoxy) is 1. The summed E-state index contributed by atoms with van der Waals surface area (Å²) in [6.07, 6.45) is 0.368. The third-order valence-corrected chi connectivity index (χ3v) is 3.55. The fourth-order valence-electron chi connectivity index (χ4n) is 2.40. The molecule has 0 spiro atoms. The van der Waals surface area contributed by atoms with Crippen LogP contribution >= 0.6 is 0 Å². The van der Waals surface area contributed by atoms with Crippen molar-refractivity contribution in [2.75, 3.05) is 19.7 Å². The van der Waals surface area contributed by atoms with E-state index in [4.69, 9.17) is 4.74 Å². The minimum Gasteiger partial charge on any atom is -0.376 e. The average molecular weight is 247 g/mol. The fraction of sp³-hybridized carbons (Fsp3) is 0.625. The highest BCUT2D eigenvalue weighted by Gasteiger charge is 2.17. The molecule has 1 unspecified atom stereocenters. The summed E-state index contributed by atoms with van der Waals surface area (Å²) >= 11 is 0. The van der Waals surface area contributed by atoms with E-state index < -0.39 is 0 Å². The first-order chi connectivity index (χ1) is 8.45. The lowest BCUT2D eigenvalue weighted by Gasteiger charge is -2.31. The predicted octanol–water partition coefficient (Wildman–Crippen LogP) is 3.20. The van der Waals surface area contributed by atoms with Crippen molar-refractivity contribution in [3.05, 3.63) is 35.4 Å². The topological polar surface area (TPSA) is 12.5 Å². The van der Waals surface area contributed by atoms with E-state index in [2.05, 4.69) is 56.9 Å². The van der Waals surface area contributed by atoms with Crippen LogP contribution in [-0.4, -0.2) is 30.7 Å². The normalized spacial score (nSPS) is 22.1. The lowest BCUT2D eigenvalue weighted by atomic mass is 9.87. The van der Waals surface area contributed by atoms with Crippen molar-refractivity contribution in [2.24, 2.45) is 0 Å². The van der Waals surface area contributed by atoms with Crippen LogP contribution in [0.4, 0.5) is 0 Å². The number of morpholine rings is 1. The summed E-state index contributed by atoms with van der Waals surface area (Å²) in [7, 11) is 0. The summed E-state index contributed by atoms with van der Waals surface area (Å²) in [5.74, 6) is 0. The van der Waals surface area contributed by atoms with E-state index >= 15 is 0 Å². The van der Waals surface area contributed by atoms with Gasteiger partial charge in [0.05, 0.1) is 12.7 Å². The van der Waals surface area contributed by atoms with Crippen molar-refractivity contribution in [3.8, 4) is 0 Å². The molecule has 1 heterocycles. The number of benzene rings is 1. The smallest absolute Gasteiger partial charge is 0.0674 e. The lowest BCUT2D eigenvalue weighted by Crippen LogP contribution is -2.40. The van der Waals surface area contributed by atoms with Gasteiger partial charge in [-0.3, -0.25) is 4.90 Å². The molecule has 1 aliphatic rings. The van der Waals surface area contributed by atoms with E-state index in [9.17, 15) is 0 Å². The standard InChI is InChI=1S/C16H25NO/c1-13-11-17(9-10-18-13)12-14-5-7-15(8-6-14)16(2,3)4/h5-8,13H,9-12H2,1-4H3. The van der Waals surface area contributed by atoms with Crippen LogP contribution in [0.5, 0.6) is 0 Å². The molecule has 1 aromatic rings. The van der Waals surface area contributed by atoms with Crippen LogP contribution in [0, 0.1) is 0 Å². The quantitative estimate of drug-likeness (QED) is 0.795. The maximum atomic E-state index is 5.57. The van der Waals surface area contributed by atoms with Gasteiger partial charge in [-0.1, -0.05) is 45.0 Å². The van der Waals surface area contributed by atoms with E-state index in [1.807, 2.05) is 0 Å². The molecule has 1 aliphatic heterocycles. The molecule has 0 bridgehead atoms. The van der Waals surface area contributed by atoms with Crippen molar-refractivity contribution in [1.82, 2.24) is 4.90 Å². The van der Waals surface area contributed by atoms with E-state index in [0.29, 0.717) is 6.10 Å². The Hall–Kier alpha value is -0.860. The lowest BCUT2D eigenvalue weighted by molar-refractivity contribution is -0.0212. The first kappa shape index (κ1) is 13.6. The molecule has 0 aliphatic carbocycles. The third-order valence-electron chi connectivity index (χ3n) is 3.55. The van der Waals surface area contributed by atoms with Gasteiger partial charge in [0, 0.05) is 19.6 Å². The zero-order valence-corrected chi connectivity index (χ0v) is 12.1. The van der Waals surface area contributed by atoms with Gasteiger partial charge in [0.15, 0.2) is 0 Å². The molecule has 0 radical (unpaired) electrons. The molecule has 18 heavy (non-hydrogen) atoms. The molecular formula is C16H25NO. The maximum absolute atomic E-state index is 5.57. The van der Waals surface area contributed by atoms with Crippen molar-refractivity contribution in [1.29, 1.82) is 0 Å². The second-order valence-corrected chi connectivity index (χ2v) is 6.36. The minimum absolute atomic E-state index is 0.242. The van der Waals surface area contributed by atoms with Gasteiger partial charge in [0.2, 0.25) is 0 Å². The zero-order chi connectivity index (χ0) is 13.2. The Bertz CT molecular complexity index is 377. The molecule has 1 saturated heterocycles. The Kier molecular flexibility index (Phi) is 4.08. The molecule has 1 atom stereocenters. The maximum Gasteiger partial charge on any atom is 0.0674 e. The van der Waals surface area contributed by atoms with Crippen LogP contribution in [0.1, 0.15) is 38.8 Å². The summed E-state index contributed by atoms with van der Waals surface area (Å²) in [4.78, 5) is 2.47. The number of hydrogen-bond acceptors (Lipinski definition) is 2. The molecule has 2 nitrogen and oxygen atoms in total. The highest BCUT2D eigenvalue weighted by atomic mass is 16.5. The first-order valence-corrected chi connectivity index (χ1v) is 6.88. The highest BCUT2D eigenvalue weighted by molar-refractivity contribution is 5.27. The predicted molar refractivity (Wildman–Crippen MR) is 75.8 cm³/mol. The van der Waals surface area contributed by atoms with Crippen LogP contribution in [0.2, 0.25) is 0 Å². The highest BCUT2D eigenvalue weighted by Crippen LogP contribution is 2.22. The summed E-state index contributed by atoms with van der Waals surface area (Å²) in [6, 6.07) is 9.06. The Balaban J connectivity index is 1.98. The molecule has 0 amide bonds. The zero-order valence-electron chi connectivity index (χ0n) is 12.1. The van der Waals surface area contributed by atoms with Gasteiger partial charge in [-0.15, -0.1) is 0 Å². The van der Waals surface area contributed by atoms with E-state index in [0.717, 1.165) is 26.2 Å². The molecular weight excluding hydrogens is 222 g/mol. The second-order valence-electron chi connectivity index (χ2n) is 6.36. The molecule has 1 fully saturated rings. The van der Waals surface area contributed by atoms with Crippen LogP contribution in [0.15, 0.2) is 24.3 Å². The molecule has 0 saturated carbocycles. The Labute approximate surface area is 111 Å². The van der Waals surface area contributed by atoms with E-state index in [1.165, 1.54) is 11.1 Å². The number of nitrogens with zero attached hydrogens (tertiary/aromatic N) is 1. The van der Waals surface area contributed by atoms with Gasteiger partial charge >= 0.3 is 0 Å². The number of rotatable bonds is 2. The van der Waals surface area contributed by atoms with Crippen molar-refractivity contribution in [3.63, 3.8) is 0 Å². The molecule has 0 aromatic heterocycles. The van der Waals surface area contributed by atoms with Gasteiger partial charge in [0.25, 0.3) is 0 Å². The number of hydrogen-bond donors (Lipinski definition) is 0. The van der Waals surface area contributed by atoms with Crippen LogP contribution in [0.3, 0.4) is 0 Å². The SMILES string of the molecule is CC1CN(Cc2ccc(C(C)(C)C)cc2)CCO1. The van der Waals surface area contributed by atoms with E-state index in [1.54, 1.807) is 0 Å². The minimum atomic E-state index is 0.242. The fourth-order valence-corrected chi connectivity index (χ4v) is 2.40. The third kappa shape index (κ3) is 3.56. The summed E-state index contributed by atoms with van der Waals surface area (Å²) in [5, 5.41) is 0. The Morgan fingerprint density at radius 3 is 2.44 bits per heavy atom. The van der Waals surface area contributed by atoms with Gasteiger partial charge in [-0.25, -0.2) is 0 Å². The van der Waals surface area contributed by atoms with Gasteiger partial charge in [0.1, 0.15) is 0 Å². The summed E-state index contributed by atoms with van der Waals surface area (Å²) < 4.78 is 5.57. The first-order valence-electron chi connectivity index (χ1n) is 6.88. The molecule has 2 rings (SSSR count). The van der Waals surface area contributed by atoms with Crippen molar-refractivity contribution in [2.45, 2.75) is 45.8 Å². The molecule has 2 heteroatoms. The van der Waals surface area contributed by atoms with Gasteiger partial charge in [-0.2, -0.15) is 0 Å².